The van der Waals surface area contributed by atoms with E-state index in [-0.39, 0.29) is 0 Å². The molecule has 0 aromatic rings. The third-order valence-corrected chi connectivity index (χ3v) is 1.57. The van der Waals surface area contributed by atoms with Crippen molar-refractivity contribution in [2.45, 2.75) is 26.7 Å². The summed E-state index contributed by atoms with van der Waals surface area (Å²) in [7, 11) is 0. The average molecular weight is 157 g/mol. The zero-order chi connectivity index (χ0) is 7.82. The minimum atomic E-state index is 0.638. The highest BCUT2D eigenvalue weighted by Crippen LogP contribution is 1.99. The Labute approximate surface area is 68.3 Å². The van der Waals surface area contributed by atoms with E-state index in [0.717, 1.165) is 12.8 Å². The monoisotopic (exact) mass is 156 g/mol. The summed E-state index contributed by atoms with van der Waals surface area (Å²) in [5.41, 5.74) is 1.24. The molecule has 0 rings (SSSR count). The summed E-state index contributed by atoms with van der Waals surface area (Å²) in [5, 5.41) is 0. The number of rotatable bonds is 3. The summed E-state index contributed by atoms with van der Waals surface area (Å²) in [6.07, 6.45) is 4.11. The van der Waals surface area contributed by atoms with E-state index in [1.54, 1.807) is 0 Å². The van der Waals surface area contributed by atoms with E-state index in [4.69, 9.17) is 11.6 Å². The minimum Gasteiger partial charge on any atom is -0.122 e. The fraction of sp³-hybridized carbons (Fsp3) is 0.556. The normalized spacial score (nSPS) is 10.5. The molecule has 0 saturated carbocycles. The van der Waals surface area contributed by atoms with E-state index >= 15 is 0 Å². The highest BCUT2D eigenvalue weighted by Gasteiger charge is 1.82. The lowest BCUT2D eigenvalue weighted by molar-refractivity contribution is 1.06. The highest BCUT2D eigenvalue weighted by molar-refractivity contribution is 6.19. The minimum absolute atomic E-state index is 0.638. The fourth-order valence-electron chi connectivity index (χ4n) is 0.570. The quantitative estimate of drug-likeness (QED) is 0.255. The van der Waals surface area contributed by atoms with Crippen molar-refractivity contribution in [2.75, 3.05) is 5.88 Å². The standard InChI is InChI=1S/C9H13Cl/c1-3-4-5-6-7-9(2)8-10/h7H,5-6,8H2,1-2H3. The number of allylic oxidation sites excluding steroid dienone is 2. The van der Waals surface area contributed by atoms with Crippen molar-refractivity contribution in [3.63, 3.8) is 0 Å². The first-order valence-corrected chi connectivity index (χ1v) is 3.96. The molecule has 0 aliphatic rings. The average Bonchev–Trinajstić information content (AvgIpc) is 1.98. The maximum Gasteiger partial charge on any atom is 0.0430 e. The van der Waals surface area contributed by atoms with Crippen LogP contribution in [-0.4, -0.2) is 5.88 Å². The molecule has 0 N–H and O–H groups in total. The Morgan fingerprint density at radius 3 is 2.80 bits per heavy atom. The second-order valence-electron chi connectivity index (χ2n) is 2.15. The van der Waals surface area contributed by atoms with Crippen LogP contribution in [0.2, 0.25) is 0 Å². The van der Waals surface area contributed by atoms with E-state index in [1.165, 1.54) is 5.57 Å². The molecule has 56 valence electrons. The summed E-state index contributed by atoms with van der Waals surface area (Å²) >= 11 is 5.56. The zero-order valence-electron chi connectivity index (χ0n) is 6.58. The van der Waals surface area contributed by atoms with Crippen LogP contribution < -0.4 is 0 Å². The van der Waals surface area contributed by atoms with Gasteiger partial charge in [-0.1, -0.05) is 11.6 Å². The molecular weight excluding hydrogens is 144 g/mol. The van der Waals surface area contributed by atoms with Crippen LogP contribution in [0.3, 0.4) is 0 Å². The topological polar surface area (TPSA) is 0 Å². The maximum atomic E-state index is 5.56. The molecule has 0 radical (unpaired) electrons. The molecule has 0 atom stereocenters. The van der Waals surface area contributed by atoms with Crippen LogP contribution in [0.1, 0.15) is 26.7 Å². The van der Waals surface area contributed by atoms with Crippen LogP contribution in [0, 0.1) is 11.8 Å². The molecule has 0 fully saturated rings. The van der Waals surface area contributed by atoms with Gasteiger partial charge in [-0.15, -0.1) is 23.4 Å². The van der Waals surface area contributed by atoms with Crippen LogP contribution in [0.25, 0.3) is 0 Å². The first kappa shape index (κ1) is 9.59. The Balaban J connectivity index is 3.40. The molecular formula is C9H13Cl. The smallest absolute Gasteiger partial charge is 0.0430 e. The molecule has 0 unspecified atom stereocenters. The molecule has 0 nitrogen and oxygen atoms in total. The van der Waals surface area contributed by atoms with Gasteiger partial charge in [-0.25, -0.2) is 0 Å². The molecule has 0 aromatic carbocycles. The third kappa shape index (κ3) is 5.72. The molecule has 0 heterocycles. The number of hydrogen-bond donors (Lipinski definition) is 0. The highest BCUT2D eigenvalue weighted by atomic mass is 35.5. The molecule has 0 aromatic heterocycles. The van der Waals surface area contributed by atoms with Gasteiger partial charge in [-0.05, 0) is 20.3 Å². The summed E-state index contributed by atoms with van der Waals surface area (Å²) in [6, 6.07) is 0. The number of hydrogen-bond acceptors (Lipinski definition) is 0. The lowest BCUT2D eigenvalue weighted by atomic mass is 10.2. The van der Waals surface area contributed by atoms with Gasteiger partial charge in [0, 0.05) is 12.3 Å². The number of unbranched alkanes of at least 4 members (excludes halogenated alkanes) is 1. The SMILES string of the molecule is CC#CCCC=C(C)CCl. The van der Waals surface area contributed by atoms with Gasteiger partial charge < -0.3 is 0 Å². The molecule has 10 heavy (non-hydrogen) atoms. The van der Waals surface area contributed by atoms with E-state index in [0.29, 0.717) is 5.88 Å². The molecule has 0 bridgehead atoms. The predicted octanol–water partition coefficient (Wildman–Crippen LogP) is 2.98. The van der Waals surface area contributed by atoms with E-state index in [2.05, 4.69) is 17.9 Å². The fourth-order valence-corrected chi connectivity index (χ4v) is 0.679. The van der Waals surface area contributed by atoms with Crippen LogP contribution >= 0.6 is 11.6 Å². The van der Waals surface area contributed by atoms with Crippen molar-refractivity contribution in [1.29, 1.82) is 0 Å². The van der Waals surface area contributed by atoms with E-state index in [9.17, 15) is 0 Å². The molecule has 0 aliphatic heterocycles. The Bertz CT molecular complexity index is 157. The molecule has 0 spiro atoms. The van der Waals surface area contributed by atoms with Crippen molar-refractivity contribution >= 4 is 11.6 Å². The van der Waals surface area contributed by atoms with Gasteiger partial charge in [-0.3, -0.25) is 0 Å². The lowest BCUT2D eigenvalue weighted by Gasteiger charge is -1.89. The van der Waals surface area contributed by atoms with Gasteiger partial charge in [0.15, 0.2) is 0 Å². The maximum absolute atomic E-state index is 5.56. The summed E-state index contributed by atoms with van der Waals surface area (Å²) in [4.78, 5) is 0. The zero-order valence-corrected chi connectivity index (χ0v) is 7.33. The lowest BCUT2D eigenvalue weighted by Crippen LogP contribution is -1.75. The van der Waals surface area contributed by atoms with Crippen molar-refractivity contribution in [3.8, 4) is 11.8 Å². The van der Waals surface area contributed by atoms with E-state index in [1.807, 2.05) is 13.8 Å². The predicted molar refractivity (Wildman–Crippen MR) is 47.2 cm³/mol. The number of alkyl halides is 1. The van der Waals surface area contributed by atoms with Crippen molar-refractivity contribution in [2.24, 2.45) is 0 Å². The van der Waals surface area contributed by atoms with Crippen LogP contribution in [0.15, 0.2) is 11.6 Å². The summed E-state index contributed by atoms with van der Waals surface area (Å²) < 4.78 is 0. The van der Waals surface area contributed by atoms with Gasteiger partial charge in [0.1, 0.15) is 0 Å². The van der Waals surface area contributed by atoms with Crippen LogP contribution in [0.5, 0.6) is 0 Å². The summed E-state index contributed by atoms with van der Waals surface area (Å²) in [5.74, 6) is 6.48. The van der Waals surface area contributed by atoms with Crippen LogP contribution in [0.4, 0.5) is 0 Å². The third-order valence-electron chi connectivity index (χ3n) is 1.15. The van der Waals surface area contributed by atoms with Gasteiger partial charge in [-0.2, -0.15) is 0 Å². The molecule has 0 saturated heterocycles. The Morgan fingerprint density at radius 1 is 1.60 bits per heavy atom. The van der Waals surface area contributed by atoms with Gasteiger partial charge in [0.05, 0.1) is 0 Å². The van der Waals surface area contributed by atoms with Crippen molar-refractivity contribution in [3.05, 3.63) is 11.6 Å². The van der Waals surface area contributed by atoms with Gasteiger partial charge in [0.25, 0.3) is 0 Å². The van der Waals surface area contributed by atoms with Gasteiger partial charge >= 0.3 is 0 Å². The second-order valence-corrected chi connectivity index (χ2v) is 2.42. The van der Waals surface area contributed by atoms with Crippen LogP contribution in [-0.2, 0) is 0 Å². The van der Waals surface area contributed by atoms with E-state index < -0.39 is 0 Å². The molecule has 0 aliphatic carbocycles. The number of halogens is 1. The van der Waals surface area contributed by atoms with Gasteiger partial charge in [0.2, 0.25) is 0 Å². The first-order chi connectivity index (χ1) is 4.81. The van der Waals surface area contributed by atoms with Crippen molar-refractivity contribution < 1.29 is 0 Å². The Morgan fingerprint density at radius 2 is 2.30 bits per heavy atom. The second kappa shape index (κ2) is 6.71. The first-order valence-electron chi connectivity index (χ1n) is 3.42. The largest absolute Gasteiger partial charge is 0.122 e. The molecule has 0 amide bonds. The summed E-state index contributed by atoms with van der Waals surface area (Å²) in [6.45, 7) is 3.89. The Hall–Kier alpha value is -0.410. The molecule has 1 heteroatoms. The van der Waals surface area contributed by atoms with Crippen molar-refractivity contribution in [1.82, 2.24) is 0 Å². The Kier molecular flexibility index (Phi) is 6.43.